The summed E-state index contributed by atoms with van der Waals surface area (Å²) in [6.07, 6.45) is 41.6. The van der Waals surface area contributed by atoms with E-state index in [-0.39, 0.29) is 0 Å². The van der Waals surface area contributed by atoms with E-state index < -0.39 is 0 Å². The summed E-state index contributed by atoms with van der Waals surface area (Å²) in [4.78, 5) is 10.6. The van der Waals surface area contributed by atoms with Crippen molar-refractivity contribution in [3.63, 3.8) is 0 Å². The largest absolute Gasteiger partial charge is 0.465 e. The summed E-state index contributed by atoms with van der Waals surface area (Å²) in [5.41, 5.74) is 4.48. The van der Waals surface area contributed by atoms with Gasteiger partial charge in [0.05, 0.1) is 18.4 Å². The molecule has 11 heteroatoms. The Kier molecular flexibility index (Phi) is 15.0. The molecule has 16 fully saturated rings. The summed E-state index contributed by atoms with van der Waals surface area (Å²) in [7, 11) is 0. The summed E-state index contributed by atoms with van der Waals surface area (Å²) in [6, 6.07) is 4.64. The molecule has 416 valence electrons. The van der Waals surface area contributed by atoms with Crippen molar-refractivity contribution in [2.24, 2.45) is 71.0 Å². The van der Waals surface area contributed by atoms with Crippen LogP contribution in [0.5, 0.6) is 0 Å². The van der Waals surface area contributed by atoms with E-state index in [9.17, 15) is 0 Å². The molecule has 9 nitrogen and oxygen atoms in total. The van der Waals surface area contributed by atoms with Gasteiger partial charge in [0, 0.05) is 76.0 Å². The van der Waals surface area contributed by atoms with E-state index in [1.807, 2.05) is 42.0 Å². The molecule has 76 heavy (non-hydrogen) atoms. The quantitative estimate of drug-likeness (QED) is 0.0990. The fourth-order valence-corrected chi connectivity index (χ4v) is 22.5. The van der Waals surface area contributed by atoms with Crippen LogP contribution in [0.15, 0.2) is 40.5 Å². The lowest BCUT2D eigenvalue weighted by molar-refractivity contribution is -0.0214. The van der Waals surface area contributed by atoms with Gasteiger partial charge >= 0.3 is 0 Å². The van der Waals surface area contributed by atoms with Crippen molar-refractivity contribution in [3.05, 3.63) is 73.8 Å². The van der Waals surface area contributed by atoms with Gasteiger partial charge in [0.15, 0.2) is 0 Å². The SMILES string of the molecule is CC(C)c1csc(CNC23CC4CC(CC(C4)C2)C3)n1.CC(C)n1cc(CNC23CC4CC(CC(C4)C2)C3)cn1.Cc1ccc(CNC23CC4CC(CC(C4)C2)C3)o1.Cc1cnc(CNC23CC4CC(CC(C4)C2)C3)s1. The minimum Gasteiger partial charge on any atom is -0.465 e. The molecule has 0 atom stereocenters. The Labute approximate surface area is 466 Å². The van der Waals surface area contributed by atoms with Crippen molar-refractivity contribution in [2.75, 3.05) is 0 Å². The molecule has 0 aliphatic heterocycles. The zero-order valence-corrected chi connectivity index (χ0v) is 49.5. The highest BCUT2D eigenvalue weighted by atomic mass is 32.1. The first-order valence-corrected chi connectivity index (χ1v) is 33.3. The van der Waals surface area contributed by atoms with E-state index >= 15 is 0 Å². The van der Waals surface area contributed by atoms with Crippen LogP contribution < -0.4 is 21.3 Å². The minimum atomic E-state index is 0.454. The lowest BCUT2D eigenvalue weighted by atomic mass is 9.53. The van der Waals surface area contributed by atoms with E-state index in [0.717, 1.165) is 109 Å². The standard InChI is InChI=1S/C17H27N3.C17H26N2S.C16H23NO.C15H22N2S/c1-12(2)20-11-16(10-19-20)9-18-17-6-13-3-14(7-17)5-15(4-13)8-17;1-11(2)15-10-20-16(19-15)9-18-17-6-12-3-13(7-17)5-14(4-12)8-17;1-11-2-3-15(18-11)10-17-16-7-12-4-13(8-16)6-14(5-12)9-16;1-10-8-16-14(18-10)9-17-15-5-11-2-12(6-15)4-13(3-11)7-15/h10-15,18H,3-9H2,1-2H3;10-14,18H,3-9H2,1-2H3;2-3,12-14,17H,4-10H2,1H3;8,11-13,17H,2-7,9H2,1H3. The van der Waals surface area contributed by atoms with Gasteiger partial charge in [-0.05, 0) is 271 Å². The van der Waals surface area contributed by atoms with E-state index in [2.05, 4.69) is 94.4 Å². The van der Waals surface area contributed by atoms with Crippen molar-refractivity contribution in [3.8, 4) is 0 Å². The van der Waals surface area contributed by atoms with Crippen LogP contribution >= 0.6 is 22.7 Å². The Balaban J connectivity index is 0.0000000971. The van der Waals surface area contributed by atoms with E-state index in [4.69, 9.17) is 9.40 Å². The summed E-state index contributed by atoms with van der Waals surface area (Å²) in [6.45, 7) is 16.9. The number of aryl methyl sites for hydroxylation is 2. The third-order valence-electron chi connectivity index (χ3n) is 22.5. The molecular weight excluding hydrogens is 973 g/mol. The van der Waals surface area contributed by atoms with Crippen LogP contribution in [0, 0.1) is 84.9 Å². The van der Waals surface area contributed by atoms with Crippen LogP contribution in [0.3, 0.4) is 0 Å². The van der Waals surface area contributed by atoms with Crippen molar-refractivity contribution in [2.45, 2.75) is 256 Å². The lowest BCUT2D eigenvalue weighted by Gasteiger charge is -2.57. The Bertz CT molecular complexity index is 2260. The lowest BCUT2D eigenvalue weighted by Crippen LogP contribution is -2.58. The third kappa shape index (κ3) is 11.8. The molecule has 16 aliphatic carbocycles. The molecule has 16 aliphatic rings. The maximum Gasteiger partial charge on any atom is 0.117 e. The summed E-state index contributed by atoms with van der Waals surface area (Å²) < 4.78 is 7.75. The van der Waals surface area contributed by atoms with Gasteiger partial charge < -0.3 is 25.7 Å². The van der Waals surface area contributed by atoms with Gasteiger partial charge in [-0.25, -0.2) is 9.97 Å². The molecule has 4 N–H and O–H groups in total. The molecule has 4 heterocycles. The van der Waals surface area contributed by atoms with Crippen molar-refractivity contribution < 1.29 is 4.42 Å². The fraction of sp³-hybridized carbons (Fsp3) is 0.800. The molecule has 16 saturated carbocycles. The fourth-order valence-electron chi connectivity index (χ4n) is 20.9. The predicted octanol–water partition coefficient (Wildman–Crippen LogP) is 15.0. The normalized spacial score (nSPS) is 40.1. The van der Waals surface area contributed by atoms with Crippen LogP contribution in [0.4, 0.5) is 0 Å². The highest BCUT2D eigenvalue weighted by molar-refractivity contribution is 7.11. The maximum atomic E-state index is 5.68. The number of hydrogen-bond acceptors (Lipinski definition) is 10. The smallest absolute Gasteiger partial charge is 0.117 e. The average molecular weight is 1070 g/mol. The van der Waals surface area contributed by atoms with Crippen LogP contribution in [0.25, 0.3) is 0 Å². The van der Waals surface area contributed by atoms with Crippen LogP contribution in [0.1, 0.15) is 231 Å². The molecular formula is C65H98N8OS2. The maximum absolute atomic E-state index is 5.68. The monoisotopic (exact) mass is 1070 g/mol. The van der Waals surface area contributed by atoms with Crippen molar-refractivity contribution in [1.29, 1.82) is 0 Å². The molecule has 0 spiro atoms. The summed E-state index contributed by atoms with van der Waals surface area (Å²) in [5, 5.41) is 24.9. The van der Waals surface area contributed by atoms with Gasteiger partial charge in [0.2, 0.25) is 0 Å². The first-order chi connectivity index (χ1) is 36.6. The van der Waals surface area contributed by atoms with Gasteiger partial charge in [0.1, 0.15) is 21.5 Å². The number of furan rings is 1. The van der Waals surface area contributed by atoms with E-state index in [0.29, 0.717) is 34.1 Å². The zero-order valence-electron chi connectivity index (χ0n) is 47.9. The molecule has 0 radical (unpaired) electrons. The summed E-state index contributed by atoms with van der Waals surface area (Å²) >= 11 is 3.68. The predicted molar refractivity (Wildman–Crippen MR) is 310 cm³/mol. The molecule has 0 saturated heterocycles. The number of nitrogens with zero attached hydrogens (tertiary/aromatic N) is 4. The molecule has 16 bridgehead atoms. The number of nitrogens with one attached hydrogen (secondary N) is 4. The van der Waals surface area contributed by atoms with Gasteiger partial charge in [-0.3, -0.25) is 4.68 Å². The van der Waals surface area contributed by atoms with Crippen LogP contribution in [-0.2, 0) is 26.2 Å². The Morgan fingerprint density at radius 3 is 1.25 bits per heavy atom. The van der Waals surface area contributed by atoms with Gasteiger partial charge in [-0.2, -0.15) is 5.10 Å². The first kappa shape index (κ1) is 52.9. The second-order valence-electron chi connectivity index (χ2n) is 29.8. The average Bonchev–Trinajstić information content (AvgIpc) is 4.32. The molecule has 4 aromatic rings. The molecule has 20 rings (SSSR count). The Morgan fingerprint density at radius 2 is 0.921 bits per heavy atom. The Hall–Kier alpha value is -2.41. The van der Waals surface area contributed by atoms with Crippen molar-refractivity contribution in [1.82, 2.24) is 41.0 Å². The third-order valence-corrected chi connectivity index (χ3v) is 24.3. The molecule has 0 unspecified atom stereocenters. The second-order valence-corrected chi connectivity index (χ2v) is 32.1. The zero-order chi connectivity index (χ0) is 51.8. The number of thiazole rings is 2. The van der Waals surface area contributed by atoms with Gasteiger partial charge in [0.25, 0.3) is 0 Å². The number of hydrogen-bond donors (Lipinski definition) is 4. The summed E-state index contributed by atoms with van der Waals surface area (Å²) in [5.74, 6) is 15.0. The van der Waals surface area contributed by atoms with Crippen LogP contribution in [0.2, 0.25) is 0 Å². The highest BCUT2D eigenvalue weighted by Gasteiger charge is 2.54. The van der Waals surface area contributed by atoms with Gasteiger partial charge in [-0.1, -0.05) is 13.8 Å². The van der Waals surface area contributed by atoms with E-state index in [1.54, 1.807) is 0 Å². The first-order valence-electron chi connectivity index (χ1n) is 31.6. The second kappa shape index (κ2) is 21.5. The topological polar surface area (TPSA) is 105 Å². The molecule has 0 aromatic carbocycles. The highest BCUT2D eigenvalue weighted by Crippen LogP contribution is 2.59. The minimum absolute atomic E-state index is 0.454. The molecule has 4 aromatic heterocycles. The number of aromatic nitrogens is 4. The van der Waals surface area contributed by atoms with E-state index in [1.165, 1.54) is 180 Å². The Morgan fingerprint density at radius 1 is 0.526 bits per heavy atom. The van der Waals surface area contributed by atoms with Gasteiger partial charge in [-0.15, -0.1) is 22.7 Å². The van der Waals surface area contributed by atoms with Crippen LogP contribution in [-0.4, -0.2) is 41.9 Å². The number of rotatable bonds is 14. The molecule has 0 amide bonds. The van der Waals surface area contributed by atoms with Crippen molar-refractivity contribution >= 4 is 22.7 Å².